The summed E-state index contributed by atoms with van der Waals surface area (Å²) in [6.45, 7) is 0.369. The lowest BCUT2D eigenvalue weighted by Crippen LogP contribution is -2.43. The molecule has 0 radical (unpaired) electrons. The maximum Gasteiger partial charge on any atom is 0.303 e. The molecule has 3 aliphatic rings. The molecule has 0 spiro atoms. The topological polar surface area (TPSA) is 117 Å². The van der Waals surface area contributed by atoms with Crippen LogP contribution in [0, 0.1) is 24.2 Å². The van der Waals surface area contributed by atoms with Crippen molar-refractivity contribution in [3.05, 3.63) is 12.2 Å². The Balaban J connectivity index is 1.43. The zero-order valence-corrected chi connectivity index (χ0v) is 15.6. The molecule has 3 saturated heterocycles. The second-order valence-electron chi connectivity index (χ2n) is 7.41. The lowest BCUT2D eigenvalue weighted by atomic mass is 9.77. The van der Waals surface area contributed by atoms with Gasteiger partial charge in [-0.25, -0.2) is 0 Å². The number of epoxide rings is 1. The monoisotopic (exact) mass is 390 g/mol. The second kappa shape index (κ2) is 9.22. The van der Waals surface area contributed by atoms with Crippen LogP contribution in [0.25, 0.3) is 0 Å². The van der Waals surface area contributed by atoms with Crippen LogP contribution in [0.4, 0.5) is 0 Å². The van der Waals surface area contributed by atoms with Gasteiger partial charge in [0.05, 0.1) is 25.2 Å². The standard InChI is InChI=1S/C20H26N2O6/c1-2-7-14(23)22-11-15(24)21-10-13-12(8-5-3-4-6-9-16(25)26)17-19-20(28-19)18(13)27-17/h1,3,5,12-13,17-20H,4,6-11H2,(H,21,24)(H,22,23)(H,25,26)/b5-3-/t12-,13+,17+,18-,19-,20+/m0/s1. The van der Waals surface area contributed by atoms with E-state index >= 15 is 0 Å². The Bertz CT molecular complexity index is 685. The van der Waals surface area contributed by atoms with Gasteiger partial charge in [0, 0.05) is 18.9 Å². The van der Waals surface area contributed by atoms with Crippen molar-refractivity contribution in [2.45, 2.75) is 56.5 Å². The molecule has 0 aliphatic carbocycles. The number of carbonyl (C=O) groups is 3. The fourth-order valence-corrected chi connectivity index (χ4v) is 4.12. The van der Waals surface area contributed by atoms with E-state index in [1.807, 2.05) is 6.08 Å². The summed E-state index contributed by atoms with van der Waals surface area (Å²) in [5, 5.41) is 14.0. The Morgan fingerprint density at radius 1 is 1.00 bits per heavy atom. The third kappa shape index (κ3) is 4.91. The van der Waals surface area contributed by atoms with Gasteiger partial charge in [-0.2, -0.15) is 0 Å². The van der Waals surface area contributed by atoms with Crippen molar-refractivity contribution >= 4 is 17.8 Å². The van der Waals surface area contributed by atoms with Crippen molar-refractivity contribution < 1.29 is 29.0 Å². The van der Waals surface area contributed by atoms with Crippen LogP contribution in [0.3, 0.4) is 0 Å². The molecule has 8 heteroatoms. The molecule has 0 unspecified atom stereocenters. The molecule has 2 amide bonds. The average Bonchev–Trinajstić information content (AvgIpc) is 3.28. The van der Waals surface area contributed by atoms with Crippen molar-refractivity contribution in [1.82, 2.24) is 10.6 Å². The summed E-state index contributed by atoms with van der Waals surface area (Å²) < 4.78 is 11.7. The lowest BCUT2D eigenvalue weighted by Gasteiger charge is -2.25. The molecule has 3 fully saturated rings. The number of carboxylic acid groups (broad SMARTS) is 1. The predicted molar refractivity (Wildman–Crippen MR) is 99.0 cm³/mol. The van der Waals surface area contributed by atoms with Crippen LogP contribution in [-0.4, -0.2) is 60.4 Å². The molecular weight excluding hydrogens is 364 g/mol. The van der Waals surface area contributed by atoms with E-state index < -0.39 is 5.97 Å². The van der Waals surface area contributed by atoms with E-state index in [-0.39, 0.29) is 67.5 Å². The fourth-order valence-electron chi connectivity index (χ4n) is 4.12. The minimum atomic E-state index is -0.780. The number of hydrogen-bond donors (Lipinski definition) is 3. The van der Waals surface area contributed by atoms with Crippen molar-refractivity contribution in [1.29, 1.82) is 0 Å². The van der Waals surface area contributed by atoms with E-state index in [1.54, 1.807) is 0 Å². The van der Waals surface area contributed by atoms with Crippen LogP contribution >= 0.6 is 0 Å². The van der Waals surface area contributed by atoms with Crippen LogP contribution in [0.2, 0.25) is 0 Å². The highest BCUT2D eigenvalue weighted by molar-refractivity contribution is 5.85. The van der Waals surface area contributed by atoms with Crippen molar-refractivity contribution in [2.75, 3.05) is 13.1 Å². The molecule has 152 valence electrons. The molecule has 3 heterocycles. The quantitative estimate of drug-likeness (QED) is 0.201. The number of fused-ring (bicyclic) bond motifs is 5. The Labute approximate surface area is 164 Å². The number of ether oxygens (including phenoxy) is 2. The third-order valence-electron chi connectivity index (χ3n) is 5.50. The molecule has 8 nitrogen and oxygen atoms in total. The van der Waals surface area contributed by atoms with E-state index in [4.69, 9.17) is 21.0 Å². The number of allylic oxidation sites excluding steroid dienone is 2. The number of terminal acetylenes is 1. The number of amides is 2. The van der Waals surface area contributed by atoms with Gasteiger partial charge >= 0.3 is 5.97 Å². The van der Waals surface area contributed by atoms with E-state index in [9.17, 15) is 14.4 Å². The van der Waals surface area contributed by atoms with Crippen LogP contribution < -0.4 is 10.6 Å². The van der Waals surface area contributed by atoms with Gasteiger partial charge in [0.25, 0.3) is 0 Å². The van der Waals surface area contributed by atoms with Gasteiger partial charge in [-0.3, -0.25) is 14.4 Å². The number of rotatable bonds is 11. The van der Waals surface area contributed by atoms with Gasteiger partial charge in [-0.15, -0.1) is 6.42 Å². The number of unbranched alkanes of at least 4 members (excludes halogenated alkanes) is 1. The summed E-state index contributed by atoms with van der Waals surface area (Å²) in [6.07, 6.45) is 11.8. The predicted octanol–water partition coefficient (Wildman–Crippen LogP) is 0.224. The second-order valence-corrected chi connectivity index (χ2v) is 7.41. The zero-order chi connectivity index (χ0) is 20.1. The van der Waals surface area contributed by atoms with Gasteiger partial charge in [0.15, 0.2) is 0 Å². The first-order chi connectivity index (χ1) is 13.5. The molecule has 3 rings (SSSR count). The first-order valence-corrected chi connectivity index (χ1v) is 9.66. The number of carbonyl (C=O) groups excluding carboxylic acids is 2. The summed E-state index contributed by atoms with van der Waals surface area (Å²) in [5.41, 5.74) is 0. The van der Waals surface area contributed by atoms with Crippen LogP contribution in [0.1, 0.15) is 32.1 Å². The minimum Gasteiger partial charge on any atom is -0.481 e. The van der Waals surface area contributed by atoms with E-state index in [0.29, 0.717) is 13.0 Å². The Morgan fingerprint density at radius 2 is 1.71 bits per heavy atom. The molecule has 2 bridgehead atoms. The zero-order valence-electron chi connectivity index (χ0n) is 15.6. The molecule has 6 atom stereocenters. The average molecular weight is 390 g/mol. The number of aliphatic carboxylic acids is 1. The first kappa shape index (κ1) is 20.4. The van der Waals surface area contributed by atoms with E-state index in [0.717, 1.165) is 12.8 Å². The third-order valence-corrected chi connectivity index (χ3v) is 5.50. The molecule has 28 heavy (non-hydrogen) atoms. The maximum atomic E-state index is 12.0. The molecule has 0 aromatic carbocycles. The smallest absolute Gasteiger partial charge is 0.303 e. The normalized spacial score (nSPS) is 32.0. The number of carboxylic acids is 1. The molecule has 3 N–H and O–H groups in total. The maximum absolute atomic E-state index is 12.0. The van der Waals surface area contributed by atoms with Gasteiger partial charge < -0.3 is 25.2 Å². The summed E-state index contributed by atoms with van der Waals surface area (Å²) >= 11 is 0. The van der Waals surface area contributed by atoms with Crippen molar-refractivity contribution in [2.24, 2.45) is 11.8 Å². The molecular formula is C20H26N2O6. The molecule has 0 aromatic heterocycles. The Kier molecular flexibility index (Phi) is 6.70. The van der Waals surface area contributed by atoms with Gasteiger partial charge in [0.1, 0.15) is 12.2 Å². The highest BCUT2D eigenvalue weighted by atomic mass is 16.7. The highest BCUT2D eigenvalue weighted by Gasteiger charge is 2.68. The fraction of sp³-hybridized carbons (Fsp3) is 0.650. The van der Waals surface area contributed by atoms with Crippen molar-refractivity contribution in [3.8, 4) is 12.3 Å². The van der Waals surface area contributed by atoms with Gasteiger partial charge in [-0.05, 0) is 25.2 Å². The van der Waals surface area contributed by atoms with Crippen LogP contribution in [-0.2, 0) is 23.9 Å². The van der Waals surface area contributed by atoms with Crippen LogP contribution in [0.5, 0.6) is 0 Å². The van der Waals surface area contributed by atoms with Gasteiger partial charge in [-0.1, -0.05) is 18.1 Å². The SMILES string of the molecule is C#CCC(=O)NCC(=O)NC[C@@H]1[C@H](C/C=C\CCCC(=O)O)[C@H]2O[C@@H]1[C@H]1O[C@H]12. The summed E-state index contributed by atoms with van der Waals surface area (Å²) in [5.74, 6) is 1.25. The largest absolute Gasteiger partial charge is 0.481 e. The number of nitrogens with one attached hydrogen (secondary N) is 2. The van der Waals surface area contributed by atoms with E-state index in [1.165, 1.54) is 0 Å². The van der Waals surface area contributed by atoms with Crippen molar-refractivity contribution in [3.63, 3.8) is 0 Å². The highest BCUT2D eigenvalue weighted by Crippen LogP contribution is 2.54. The van der Waals surface area contributed by atoms with E-state index in [2.05, 4.69) is 22.6 Å². The summed E-state index contributed by atoms with van der Waals surface area (Å²) in [6, 6.07) is 0. The molecule has 0 aromatic rings. The summed E-state index contributed by atoms with van der Waals surface area (Å²) in [7, 11) is 0. The van der Waals surface area contributed by atoms with Crippen LogP contribution in [0.15, 0.2) is 12.2 Å². The number of hydrogen-bond acceptors (Lipinski definition) is 5. The Morgan fingerprint density at radius 3 is 2.43 bits per heavy atom. The lowest BCUT2D eigenvalue weighted by molar-refractivity contribution is -0.137. The summed E-state index contributed by atoms with van der Waals surface area (Å²) in [4.78, 5) is 33.9. The Hall–Kier alpha value is -2.37. The minimum absolute atomic E-state index is 0.00302. The molecule has 3 aliphatic heterocycles. The van der Waals surface area contributed by atoms with Gasteiger partial charge in [0.2, 0.25) is 11.8 Å². The first-order valence-electron chi connectivity index (χ1n) is 9.66. The molecule has 0 saturated carbocycles.